The largest absolute Gasteiger partial charge is 0.386 e. The van der Waals surface area contributed by atoms with Crippen molar-refractivity contribution in [1.82, 2.24) is 21.3 Å². The zero-order valence-corrected chi connectivity index (χ0v) is 21.9. The van der Waals surface area contributed by atoms with Crippen molar-refractivity contribution in [3.63, 3.8) is 0 Å². The van der Waals surface area contributed by atoms with Gasteiger partial charge in [-0.3, -0.25) is 14.4 Å². The summed E-state index contributed by atoms with van der Waals surface area (Å²) in [6, 6.07) is 9.53. The summed E-state index contributed by atoms with van der Waals surface area (Å²) >= 11 is 0. The fourth-order valence-corrected chi connectivity index (χ4v) is 3.74. The molecular formula is C27H45N5O3. The van der Waals surface area contributed by atoms with Crippen LogP contribution in [0.2, 0.25) is 0 Å². The van der Waals surface area contributed by atoms with Crippen LogP contribution in [-0.4, -0.2) is 42.4 Å². The minimum absolute atomic E-state index is 0.186. The van der Waals surface area contributed by atoms with Crippen molar-refractivity contribution in [2.75, 3.05) is 13.1 Å². The molecule has 1 atom stereocenters. The molecule has 1 rings (SSSR count). The SMILES string of the molecule is C=C(N)NCCC[C@H](NC(=O)C(CC)(CC)NC(=O)C(C)C)C(=O)NCCCCc1ccccc1. The summed E-state index contributed by atoms with van der Waals surface area (Å²) in [5, 5.41) is 11.7. The van der Waals surface area contributed by atoms with E-state index in [1.54, 1.807) is 13.8 Å². The van der Waals surface area contributed by atoms with Gasteiger partial charge in [-0.15, -0.1) is 0 Å². The Bertz CT molecular complexity index is 806. The van der Waals surface area contributed by atoms with Crippen LogP contribution in [-0.2, 0) is 20.8 Å². The molecule has 0 spiro atoms. The van der Waals surface area contributed by atoms with Crippen molar-refractivity contribution >= 4 is 17.7 Å². The van der Waals surface area contributed by atoms with Gasteiger partial charge in [-0.2, -0.15) is 0 Å². The molecular weight excluding hydrogens is 442 g/mol. The minimum Gasteiger partial charge on any atom is -0.386 e. The smallest absolute Gasteiger partial charge is 0.246 e. The van der Waals surface area contributed by atoms with Gasteiger partial charge in [-0.25, -0.2) is 0 Å². The molecule has 8 heteroatoms. The topological polar surface area (TPSA) is 125 Å². The number of aryl methyl sites for hydroxylation is 1. The normalized spacial score (nSPS) is 12.0. The van der Waals surface area contributed by atoms with E-state index in [0.29, 0.717) is 44.6 Å². The van der Waals surface area contributed by atoms with Gasteiger partial charge in [0.05, 0.1) is 5.82 Å². The lowest BCUT2D eigenvalue weighted by Crippen LogP contribution is -2.62. The number of carbonyl (C=O) groups is 3. The van der Waals surface area contributed by atoms with E-state index in [1.165, 1.54) is 5.56 Å². The summed E-state index contributed by atoms with van der Waals surface area (Å²) in [5.74, 6) is -0.627. The number of benzene rings is 1. The first-order valence-corrected chi connectivity index (χ1v) is 12.8. The van der Waals surface area contributed by atoms with Gasteiger partial charge < -0.3 is 27.0 Å². The predicted molar refractivity (Wildman–Crippen MR) is 141 cm³/mol. The monoisotopic (exact) mass is 487 g/mol. The molecule has 1 aromatic carbocycles. The van der Waals surface area contributed by atoms with E-state index < -0.39 is 11.6 Å². The fourth-order valence-electron chi connectivity index (χ4n) is 3.74. The highest BCUT2D eigenvalue weighted by Gasteiger charge is 2.38. The summed E-state index contributed by atoms with van der Waals surface area (Å²) in [5.41, 5.74) is 5.77. The Balaban J connectivity index is 2.75. The number of rotatable bonds is 17. The third-order valence-electron chi connectivity index (χ3n) is 6.21. The molecule has 0 unspecified atom stereocenters. The average molecular weight is 488 g/mol. The molecule has 0 radical (unpaired) electrons. The highest BCUT2D eigenvalue weighted by Crippen LogP contribution is 2.17. The number of hydrogen-bond acceptors (Lipinski definition) is 5. The number of carbonyl (C=O) groups excluding carboxylic acids is 3. The highest BCUT2D eigenvalue weighted by molar-refractivity contribution is 5.95. The average Bonchev–Trinajstić information content (AvgIpc) is 2.84. The maximum Gasteiger partial charge on any atom is 0.246 e. The van der Waals surface area contributed by atoms with Crippen LogP contribution in [0.4, 0.5) is 0 Å². The van der Waals surface area contributed by atoms with Crippen LogP contribution in [0.25, 0.3) is 0 Å². The number of unbranched alkanes of at least 4 members (excludes halogenated alkanes) is 1. The molecule has 0 saturated heterocycles. The van der Waals surface area contributed by atoms with Gasteiger partial charge in [0.15, 0.2) is 0 Å². The van der Waals surface area contributed by atoms with Crippen molar-refractivity contribution < 1.29 is 14.4 Å². The van der Waals surface area contributed by atoms with Crippen LogP contribution in [0.15, 0.2) is 42.7 Å². The van der Waals surface area contributed by atoms with E-state index in [1.807, 2.05) is 32.0 Å². The summed E-state index contributed by atoms with van der Waals surface area (Å²) in [6.07, 6.45) is 4.66. The molecule has 3 amide bonds. The van der Waals surface area contributed by atoms with Gasteiger partial charge in [0.1, 0.15) is 11.6 Å². The van der Waals surface area contributed by atoms with Crippen LogP contribution in [0.3, 0.4) is 0 Å². The first-order valence-electron chi connectivity index (χ1n) is 12.8. The van der Waals surface area contributed by atoms with Crippen LogP contribution in [0.1, 0.15) is 71.8 Å². The van der Waals surface area contributed by atoms with Crippen LogP contribution in [0.5, 0.6) is 0 Å². The van der Waals surface area contributed by atoms with Gasteiger partial charge >= 0.3 is 0 Å². The summed E-state index contributed by atoms with van der Waals surface area (Å²) in [6.45, 7) is 12.0. The molecule has 6 N–H and O–H groups in total. The van der Waals surface area contributed by atoms with E-state index in [4.69, 9.17) is 5.73 Å². The predicted octanol–water partition coefficient (Wildman–Crippen LogP) is 2.74. The molecule has 8 nitrogen and oxygen atoms in total. The second kappa shape index (κ2) is 15.8. The minimum atomic E-state index is -1.06. The van der Waals surface area contributed by atoms with Crippen molar-refractivity contribution in [3.05, 3.63) is 48.3 Å². The lowest BCUT2D eigenvalue weighted by Gasteiger charge is -2.33. The van der Waals surface area contributed by atoms with Crippen molar-refractivity contribution in [3.8, 4) is 0 Å². The molecule has 0 aliphatic heterocycles. The summed E-state index contributed by atoms with van der Waals surface area (Å²) < 4.78 is 0. The van der Waals surface area contributed by atoms with E-state index in [0.717, 1.165) is 19.3 Å². The quantitative estimate of drug-likeness (QED) is 0.216. The standard InChI is InChI=1S/C27H45N5O3/c1-6-27(7-2,32-24(33)20(3)4)26(35)31-23(17-13-19-29-21(5)28)25(34)30-18-12-11-16-22-14-9-8-10-15-22/h8-10,14-15,20,23,29H,5-7,11-13,16-19,28H2,1-4H3,(H,30,34)(H,31,35)(H,32,33)/t23-/m0/s1. The maximum atomic E-state index is 13.3. The molecule has 0 bridgehead atoms. The third kappa shape index (κ3) is 10.8. The van der Waals surface area contributed by atoms with Crippen LogP contribution >= 0.6 is 0 Å². The van der Waals surface area contributed by atoms with E-state index in [9.17, 15) is 14.4 Å². The lowest BCUT2D eigenvalue weighted by molar-refractivity contribution is -0.137. The molecule has 196 valence electrons. The van der Waals surface area contributed by atoms with Gasteiger partial charge in [-0.1, -0.05) is 64.6 Å². The first-order chi connectivity index (χ1) is 16.6. The highest BCUT2D eigenvalue weighted by atomic mass is 16.2. The van der Waals surface area contributed by atoms with E-state index in [2.05, 4.69) is 40.0 Å². The van der Waals surface area contributed by atoms with Crippen molar-refractivity contribution in [2.45, 2.75) is 84.2 Å². The van der Waals surface area contributed by atoms with Crippen molar-refractivity contribution in [2.24, 2.45) is 11.7 Å². The number of nitrogens with one attached hydrogen (secondary N) is 4. The van der Waals surface area contributed by atoms with Crippen molar-refractivity contribution in [1.29, 1.82) is 0 Å². The third-order valence-corrected chi connectivity index (χ3v) is 6.21. The number of nitrogens with two attached hydrogens (primary N) is 1. The van der Waals surface area contributed by atoms with Gasteiger partial charge in [0.2, 0.25) is 17.7 Å². The molecule has 35 heavy (non-hydrogen) atoms. The molecule has 0 aliphatic rings. The van der Waals surface area contributed by atoms with Crippen LogP contribution in [0, 0.1) is 5.92 Å². The Labute approximate surface area is 210 Å². The molecule has 1 aromatic rings. The molecule has 0 fully saturated rings. The van der Waals surface area contributed by atoms with Gasteiger partial charge in [0, 0.05) is 19.0 Å². The van der Waals surface area contributed by atoms with E-state index >= 15 is 0 Å². The zero-order chi connectivity index (χ0) is 26.3. The first kappa shape index (κ1) is 30.0. The Morgan fingerprint density at radius 2 is 1.57 bits per heavy atom. The maximum absolute atomic E-state index is 13.3. The Morgan fingerprint density at radius 1 is 0.943 bits per heavy atom. The Kier molecular flexibility index (Phi) is 13.5. The lowest BCUT2D eigenvalue weighted by atomic mass is 9.90. The summed E-state index contributed by atoms with van der Waals surface area (Å²) in [4.78, 5) is 38.7. The molecule has 0 aromatic heterocycles. The molecule has 0 heterocycles. The number of hydrogen-bond donors (Lipinski definition) is 5. The summed E-state index contributed by atoms with van der Waals surface area (Å²) in [7, 11) is 0. The van der Waals surface area contributed by atoms with Crippen LogP contribution < -0.4 is 27.0 Å². The second-order valence-electron chi connectivity index (χ2n) is 9.29. The Hall–Kier alpha value is -3.03. The fraction of sp³-hybridized carbons (Fsp3) is 0.593. The Morgan fingerprint density at radius 3 is 2.14 bits per heavy atom. The van der Waals surface area contributed by atoms with E-state index in [-0.39, 0.29) is 23.6 Å². The second-order valence-corrected chi connectivity index (χ2v) is 9.29. The molecule has 0 aliphatic carbocycles. The van der Waals surface area contributed by atoms with Gasteiger partial charge in [-0.05, 0) is 50.5 Å². The van der Waals surface area contributed by atoms with Gasteiger partial charge in [0.25, 0.3) is 0 Å². The molecule has 0 saturated carbocycles. The number of amides is 3. The zero-order valence-electron chi connectivity index (χ0n) is 21.9.